The molecule has 0 aliphatic carbocycles. The Morgan fingerprint density at radius 2 is 1.93 bits per heavy atom. The Morgan fingerprint density at radius 1 is 1.19 bits per heavy atom. The molecule has 0 unspecified atom stereocenters. The van der Waals surface area contributed by atoms with E-state index in [1.165, 1.54) is 10.6 Å². The van der Waals surface area contributed by atoms with Crippen molar-refractivity contribution in [2.75, 3.05) is 0 Å². The minimum absolute atomic E-state index is 0.0889. The molecule has 0 bridgehead atoms. The van der Waals surface area contributed by atoms with Crippen LogP contribution in [0.15, 0.2) is 56.3 Å². The van der Waals surface area contributed by atoms with Gasteiger partial charge in [0.05, 0.1) is 5.56 Å². The van der Waals surface area contributed by atoms with E-state index in [0.717, 1.165) is 10.0 Å². The molecule has 0 aliphatic heterocycles. The van der Waals surface area contributed by atoms with Crippen LogP contribution in [-0.2, 0) is 17.9 Å². The van der Waals surface area contributed by atoms with Gasteiger partial charge in [0.1, 0.15) is 6.54 Å². The van der Waals surface area contributed by atoms with Crippen molar-refractivity contribution in [1.29, 1.82) is 0 Å². The van der Waals surface area contributed by atoms with Crippen molar-refractivity contribution in [3.63, 3.8) is 0 Å². The third-order valence-electron chi connectivity index (χ3n) is 3.88. The van der Waals surface area contributed by atoms with Gasteiger partial charge in [-0.2, -0.15) is 0 Å². The molecule has 0 saturated heterocycles. The topological polar surface area (TPSA) is 90.0 Å². The first-order chi connectivity index (χ1) is 12.9. The van der Waals surface area contributed by atoms with E-state index in [-0.39, 0.29) is 23.9 Å². The fourth-order valence-electron chi connectivity index (χ4n) is 2.38. The van der Waals surface area contributed by atoms with Gasteiger partial charge in [0.2, 0.25) is 17.7 Å². The zero-order chi connectivity index (χ0) is 19.4. The predicted molar refractivity (Wildman–Crippen MR) is 104 cm³/mol. The lowest BCUT2D eigenvalue weighted by Gasteiger charge is -2.08. The molecular formula is C19H19BrN4O3. The average Bonchev–Trinajstić information content (AvgIpc) is 3.13. The van der Waals surface area contributed by atoms with Crippen molar-refractivity contribution in [2.24, 2.45) is 0 Å². The molecule has 0 radical (unpaired) electrons. The van der Waals surface area contributed by atoms with Gasteiger partial charge < -0.3 is 14.3 Å². The predicted octanol–water partition coefficient (Wildman–Crippen LogP) is 3.10. The molecule has 27 heavy (non-hydrogen) atoms. The van der Waals surface area contributed by atoms with Crippen LogP contribution in [-0.4, -0.2) is 20.7 Å². The highest BCUT2D eigenvalue weighted by Gasteiger charge is 2.13. The van der Waals surface area contributed by atoms with Crippen molar-refractivity contribution in [3.05, 3.63) is 68.9 Å². The smallest absolute Gasteiger partial charge is 0.251 e. The van der Waals surface area contributed by atoms with Gasteiger partial charge in [0, 0.05) is 29.2 Å². The van der Waals surface area contributed by atoms with Crippen LogP contribution in [0.25, 0.3) is 11.5 Å². The molecule has 1 aromatic carbocycles. The second-order valence-electron chi connectivity index (χ2n) is 6.39. The van der Waals surface area contributed by atoms with Crippen molar-refractivity contribution >= 4 is 21.8 Å². The molecule has 7 nitrogen and oxygen atoms in total. The Labute approximate surface area is 164 Å². The number of halogens is 1. The standard InChI is InChI=1S/C19H19BrN4O3/c1-12(2)18-22-23-19(27-18)14-5-8-17(26)24(10-14)11-16(25)21-9-13-3-6-15(20)7-4-13/h3-8,10,12H,9,11H2,1-2H3,(H,21,25). The van der Waals surface area contributed by atoms with E-state index >= 15 is 0 Å². The molecule has 140 valence electrons. The number of carbonyl (C=O) groups excluding carboxylic acids is 1. The lowest BCUT2D eigenvalue weighted by molar-refractivity contribution is -0.121. The highest BCUT2D eigenvalue weighted by atomic mass is 79.9. The van der Waals surface area contributed by atoms with E-state index in [9.17, 15) is 9.59 Å². The third kappa shape index (κ3) is 4.91. The number of nitrogens with zero attached hydrogens (tertiary/aromatic N) is 3. The molecule has 0 spiro atoms. The van der Waals surface area contributed by atoms with Crippen LogP contribution in [0.5, 0.6) is 0 Å². The molecule has 0 saturated carbocycles. The lowest BCUT2D eigenvalue weighted by atomic mass is 10.2. The largest absolute Gasteiger partial charge is 0.420 e. The van der Waals surface area contributed by atoms with Gasteiger partial charge in [-0.25, -0.2) is 0 Å². The number of rotatable bonds is 6. The summed E-state index contributed by atoms with van der Waals surface area (Å²) in [6.45, 7) is 4.21. The molecule has 8 heteroatoms. The number of amides is 1. The van der Waals surface area contributed by atoms with E-state index < -0.39 is 0 Å². The number of hydrogen-bond donors (Lipinski definition) is 1. The van der Waals surface area contributed by atoms with E-state index in [1.54, 1.807) is 12.3 Å². The fourth-order valence-corrected chi connectivity index (χ4v) is 2.64. The van der Waals surface area contributed by atoms with Crippen molar-refractivity contribution in [1.82, 2.24) is 20.1 Å². The molecule has 0 atom stereocenters. The van der Waals surface area contributed by atoms with E-state index in [4.69, 9.17) is 4.42 Å². The van der Waals surface area contributed by atoms with Gasteiger partial charge in [0.25, 0.3) is 5.56 Å². The Balaban J connectivity index is 1.69. The first-order valence-electron chi connectivity index (χ1n) is 8.48. The first-order valence-corrected chi connectivity index (χ1v) is 9.27. The number of carbonyl (C=O) groups is 1. The van der Waals surface area contributed by atoms with Gasteiger partial charge in [-0.15, -0.1) is 10.2 Å². The number of hydrogen-bond acceptors (Lipinski definition) is 5. The molecule has 3 aromatic rings. The Hall–Kier alpha value is -2.74. The second-order valence-corrected chi connectivity index (χ2v) is 7.30. The van der Waals surface area contributed by atoms with E-state index in [2.05, 4.69) is 31.4 Å². The molecule has 0 aliphatic rings. The Morgan fingerprint density at radius 3 is 2.59 bits per heavy atom. The number of pyridine rings is 1. The number of benzene rings is 1. The van der Waals surface area contributed by atoms with Gasteiger partial charge in [-0.3, -0.25) is 9.59 Å². The molecular weight excluding hydrogens is 412 g/mol. The summed E-state index contributed by atoms with van der Waals surface area (Å²) in [5.41, 5.74) is 1.29. The number of nitrogens with one attached hydrogen (secondary N) is 1. The maximum Gasteiger partial charge on any atom is 0.251 e. The van der Waals surface area contributed by atoms with Crippen molar-refractivity contribution in [3.8, 4) is 11.5 Å². The quantitative estimate of drug-likeness (QED) is 0.648. The Bertz CT molecular complexity index is 993. The summed E-state index contributed by atoms with van der Waals surface area (Å²) >= 11 is 3.37. The summed E-state index contributed by atoms with van der Waals surface area (Å²) in [5, 5.41) is 10.8. The minimum atomic E-state index is -0.277. The second kappa shape index (κ2) is 8.30. The van der Waals surface area contributed by atoms with Crippen LogP contribution in [0, 0.1) is 0 Å². The summed E-state index contributed by atoms with van der Waals surface area (Å²) in [4.78, 5) is 24.3. The molecule has 3 rings (SSSR count). The zero-order valence-corrected chi connectivity index (χ0v) is 16.6. The van der Waals surface area contributed by atoms with Crippen LogP contribution in [0.1, 0.15) is 31.2 Å². The number of aromatic nitrogens is 3. The summed E-state index contributed by atoms with van der Waals surface area (Å²) in [7, 11) is 0. The molecule has 1 amide bonds. The maximum atomic E-state index is 12.2. The van der Waals surface area contributed by atoms with Gasteiger partial charge in [-0.05, 0) is 23.8 Å². The van der Waals surface area contributed by atoms with Gasteiger partial charge >= 0.3 is 0 Å². The summed E-state index contributed by atoms with van der Waals surface area (Å²) in [6.07, 6.45) is 1.55. The minimum Gasteiger partial charge on any atom is -0.420 e. The molecule has 0 fully saturated rings. The normalized spacial score (nSPS) is 11.0. The van der Waals surface area contributed by atoms with Crippen LogP contribution >= 0.6 is 15.9 Å². The van der Waals surface area contributed by atoms with Crippen LogP contribution in [0.2, 0.25) is 0 Å². The average molecular weight is 431 g/mol. The zero-order valence-electron chi connectivity index (χ0n) is 15.0. The summed E-state index contributed by atoms with van der Waals surface area (Å²) in [5.74, 6) is 0.699. The molecule has 2 heterocycles. The maximum absolute atomic E-state index is 12.2. The summed E-state index contributed by atoms with van der Waals surface area (Å²) < 4.78 is 7.90. The van der Waals surface area contributed by atoms with Crippen LogP contribution in [0.4, 0.5) is 0 Å². The summed E-state index contributed by atoms with van der Waals surface area (Å²) in [6, 6.07) is 10.6. The van der Waals surface area contributed by atoms with Crippen molar-refractivity contribution in [2.45, 2.75) is 32.9 Å². The lowest BCUT2D eigenvalue weighted by Crippen LogP contribution is -2.31. The SMILES string of the molecule is CC(C)c1nnc(-c2ccc(=O)n(CC(=O)NCc3ccc(Br)cc3)c2)o1. The van der Waals surface area contributed by atoms with E-state index in [0.29, 0.717) is 23.9 Å². The van der Waals surface area contributed by atoms with E-state index in [1.807, 2.05) is 38.1 Å². The first kappa shape index (κ1) is 19.0. The molecule has 1 N–H and O–H groups in total. The van der Waals surface area contributed by atoms with Crippen LogP contribution in [0.3, 0.4) is 0 Å². The monoisotopic (exact) mass is 430 g/mol. The molecule has 2 aromatic heterocycles. The van der Waals surface area contributed by atoms with Gasteiger partial charge in [0.15, 0.2) is 0 Å². The highest BCUT2D eigenvalue weighted by molar-refractivity contribution is 9.10. The third-order valence-corrected chi connectivity index (χ3v) is 4.41. The van der Waals surface area contributed by atoms with Gasteiger partial charge in [-0.1, -0.05) is 41.9 Å². The van der Waals surface area contributed by atoms with Crippen molar-refractivity contribution < 1.29 is 9.21 Å². The Kier molecular flexibility index (Phi) is 5.85. The fraction of sp³-hybridized carbons (Fsp3) is 0.263. The van der Waals surface area contributed by atoms with Crippen LogP contribution < -0.4 is 10.9 Å². The highest BCUT2D eigenvalue weighted by Crippen LogP contribution is 2.20.